The number of hydrogen-bond donors (Lipinski definition) is 0. The van der Waals surface area contributed by atoms with Crippen molar-refractivity contribution in [1.82, 2.24) is 0 Å². The van der Waals surface area contributed by atoms with Crippen LogP contribution in [-0.2, 0) is 28.6 Å². The van der Waals surface area contributed by atoms with Gasteiger partial charge >= 0.3 is 17.9 Å². The van der Waals surface area contributed by atoms with Gasteiger partial charge in [-0.05, 0) is 128 Å². The van der Waals surface area contributed by atoms with Crippen LogP contribution in [0.1, 0.15) is 201 Å². The van der Waals surface area contributed by atoms with Gasteiger partial charge in [0.1, 0.15) is 13.2 Å². The van der Waals surface area contributed by atoms with Gasteiger partial charge in [-0.25, -0.2) is 0 Å². The van der Waals surface area contributed by atoms with Crippen LogP contribution in [0.3, 0.4) is 0 Å². The minimum atomic E-state index is -0.860. The summed E-state index contributed by atoms with van der Waals surface area (Å²) in [5.74, 6) is -1.13. The lowest BCUT2D eigenvalue weighted by Crippen LogP contribution is -2.30. The summed E-state index contributed by atoms with van der Waals surface area (Å²) >= 11 is 0. The van der Waals surface area contributed by atoms with E-state index in [2.05, 4.69) is 179 Å². The third kappa shape index (κ3) is 55.6. The van der Waals surface area contributed by atoms with Crippen LogP contribution in [0.4, 0.5) is 0 Å². The van der Waals surface area contributed by atoms with E-state index in [1.165, 1.54) is 0 Å². The first kappa shape index (κ1) is 65.8. The Balaban J connectivity index is 4.58. The molecule has 0 spiro atoms. The maximum atomic E-state index is 12.8. The predicted molar refractivity (Wildman–Crippen MR) is 306 cm³/mol. The third-order valence-corrected chi connectivity index (χ3v) is 10.7. The summed E-state index contributed by atoms with van der Waals surface area (Å²) in [6, 6.07) is 0. The number of unbranched alkanes of at least 4 members (excludes halogenated alkanes) is 9. The number of hydrogen-bond acceptors (Lipinski definition) is 6. The van der Waals surface area contributed by atoms with Gasteiger partial charge in [-0.2, -0.15) is 0 Å². The van der Waals surface area contributed by atoms with Crippen LogP contribution >= 0.6 is 0 Å². The first-order chi connectivity index (χ1) is 35.0. The highest BCUT2D eigenvalue weighted by Crippen LogP contribution is 2.11. The minimum absolute atomic E-state index is 0.0776. The SMILES string of the molecule is CC/C=C\C/C=C\C/C=C\C/C=C\C/C=C\C/C=C\CCCCCCC(=O)OCC(COC(=O)CCCCCCC/C=C\C/C=C\C/C=C\CC)OC(=O)C/C=C\C/C=C\C/C=C\C/C=C\C/C=C\CC. The van der Waals surface area contributed by atoms with Crippen LogP contribution in [0.15, 0.2) is 170 Å². The fraction of sp³-hybridized carbons (Fsp3) is 0.523. The number of esters is 3. The largest absolute Gasteiger partial charge is 0.462 e. The Morgan fingerprint density at radius 3 is 0.859 bits per heavy atom. The molecule has 0 amide bonds. The molecule has 394 valence electrons. The first-order valence-corrected chi connectivity index (χ1v) is 27.6. The molecule has 0 bridgehead atoms. The van der Waals surface area contributed by atoms with Crippen molar-refractivity contribution < 1.29 is 28.6 Å². The molecule has 0 aliphatic carbocycles. The number of carbonyl (C=O) groups is 3. The molecule has 1 unspecified atom stereocenters. The van der Waals surface area contributed by atoms with E-state index in [1.54, 1.807) is 6.08 Å². The van der Waals surface area contributed by atoms with Gasteiger partial charge in [0.2, 0.25) is 0 Å². The molecule has 6 nitrogen and oxygen atoms in total. The zero-order valence-corrected chi connectivity index (χ0v) is 44.9. The lowest BCUT2D eigenvalue weighted by atomic mass is 10.1. The summed E-state index contributed by atoms with van der Waals surface area (Å²) in [4.78, 5) is 38.1. The van der Waals surface area contributed by atoms with Crippen LogP contribution in [0.5, 0.6) is 0 Å². The van der Waals surface area contributed by atoms with E-state index < -0.39 is 12.1 Å². The molecule has 71 heavy (non-hydrogen) atoms. The molecule has 0 saturated carbocycles. The Bertz CT molecular complexity index is 1690. The van der Waals surface area contributed by atoms with E-state index in [-0.39, 0.29) is 31.6 Å². The van der Waals surface area contributed by atoms with Crippen LogP contribution in [0.25, 0.3) is 0 Å². The molecular formula is C65H98O6. The molecule has 0 heterocycles. The fourth-order valence-electron chi connectivity index (χ4n) is 6.71. The summed E-state index contributed by atoms with van der Waals surface area (Å²) in [5, 5.41) is 0. The van der Waals surface area contributed by atoms with Gasteiger partial charge in [-0.15, -0.1) is 0 Å². The summed E-state index contributed by atoms with van der Waals surface area (Å²) in [7, 11) is 0. The van der Waals surface area contributed by atoms with Gasteiger partial charge in [0, 0.05) is 12.8 Å². The highest BCUT2D eigenvalue weighted by atomic mass is 16.6. The molecule has 1 atom stereocenters. The van der Waals surface area contributed by atoms with Crippen LogP contribution in [0.2, 0.25) is 0 Å². The van der Waals surface area contributed by atoms with E-state index in [0.717, 1.165) is 154 Å². The molecule has 0 fully saturated rings. The minimum Gasteiger partial charge on any atom is -0.462 e. The molecule has 0 rings (SSSR count). The van der Waals surface area contributed by atoms with E-state index in [9.17, 15) is 14.4 Å². The average molecular weight is 975 g/mol. The Morgan fingerprint density at radius 2 is 0.549 bits per heavy atom. The molecule has 6 heteroatoms. The maximum Gasteiger partial charge on any atom is 0.310 e. The Kier molecular flexibility index (Phi) is 53.1. The lowest BCUT2D eigenvalue weighted by Gasteiger charge is -2.18. The third-order valence-electron chi connectivity index (χ3n) is 10.7. The van der Waals surface area contributed by atoms with Crippen molar-refractivity contribution in [2.45, 2.75) is 207 Å². The van der Waals surface area contributed by atoms with Crippen molar-refractivity contribution in [3.8, 4) is 0 Å². The smallest absolute Gasteiger partial charge is 0.310 e. The fourth-order valence-corrected chi connectivity index (χ4v) is 6.71. The Labute approximate surface area is 434 Å². The molecule has 0 aliphatic heterocycles. The number of allylic oxidation sites excluding steroid dienone is 27. The monoisotopic (exact) mass is 975 g/mol. The molecule has 0 aromatic heterocycles. The summed E-state index contributed by atoms with van der Waals surface area (Å²) in [6.45, 7) is 6.15. The van der Waals surface area contributed by atoms with Crippen molar-refractivity contribution in [2.24, 2.45) is 0 Å². The number of carbonyl (C=O) groups excluding carboxylic acids is 3. The molecule has 0 N–H and O–H groups in total. The second kappa shape index (κ2) is 57.3. The highest BCUT2D eigenvalue weighted by molar-refractivity contribution is 5.72. The van der Waals surface area contributed by atoms with Gasteiger partial charge in [0.25, 0.3) is 0 Å². The van der Waals surface area contributed by atoms with Crippen molar-refractivity contribution in [3.05, 3.63) is 170 Å². The van der Waals surface area contributed by atoms with E-state index >= 15 is 0 Å². The molecule has 0 aromatic rings. The highest BCUT2D eigenvalue weighted by Gasteiger charge is 2.19. The van der Waals surface area contributed by atoms with Crippen molar-refractivity contribution >= 4 is 17.9 Å². The normalized spacial score (nSPS) is 13.5. The predicted octanol–water partition coefficient (Wildman–Crippen LogP) is 18.8. The Hall–Kier alpha value is -5.23. The van der Waals surface area contributed by atoms with Crippen LogP contribution < -0.4 is 0 Å². The number of ether oxygens (including phenoxy) is 3. The molecule has 0 aromatic carbocycles. The van der Waals surface area contributed by atoms with Gasteiger partial charge in [0.15, 0.2) is 6.10 Å². The van der Waals surface area contributed by atoms with Gasteiger partial charge in [-0.3, -0.25) is 14.4 Å². The summed E-state index contributed by atoms with van der Waals surface area (Å²) < 4.78 is 16.7. The van der Waals surface area contributed by atoms with Crippen molar-refractivity contribution in [2.75, 3.05) is 13.2 Å². The standard InChI is InChI=1S/C65H98O6/c1-4-7-10-13-16-19-22-25-28-29-30-31-32-33-34-35-38-40-43-46-49-52-55-58-64(67)70-61-62(71-65(68)59-56-53-50-47-44-41-37-27-24-21-18-15-12-9-6-3)60-69-63(66)57-54-51-48-45-42-39-36-26-23-20-17-14-11-8-5-2/h7-12,16-21,25-28,30-31,33-34,36-38,40,44,47,53,56,62H,4-6,13-15,22-24,29,32,35,39,41-43,45-46,48-52,54-55,57-61H2,1-3H3/b10-7-,11-8-,12-9-,19-16-,20-17-,21-18-,28-25-,31-30-,34-33-,36-26-,37-27-,40-38-,47-44-,56-53-. The van der Waals surface area contributed by atoms with Crippen LogP contribution in [0, 0.1) is 0 Å². The maximum absolute atomic E-state index is 12.8. The second-order valence-electron chi connectivity index (χ2n) is 17.4. The van der Waals surface area contributed by atoms with Gasteiger partial charge in [-0.1, -0.05) is 223 Å². The lowest BCUT2D eigenvalue weighted by molar-refractivity contribution is -0.166. The van der Waals surface area contributed by atoms with Crippen molar-refractivity contribution in [1.29, 1.82) is 0 Å². The summed E-state index contributed by atoms with van der Waals surface area (Å²) in [5.41, 5.74) is 0. The first-order valence-electron chi connectivity index (χ1n) is 27.6. The van der Waals surface area contributed by atoms with Crippen molar-refractivity contribution in [3.63, 3.8) is 0 Å². The van der Waals surface area contributed by atoms with E-state index in [0.29, 0.717) is 19.3 Å². The second-order valence-corrected chi connectivity index (χ2v) is 17.4. The van der Waals surface area contributed by atoms with Gasteiger partial charge < -0.3 is 14.2 Å². The molecular weight excluding hydrogens is 877 g/mol. The average Bonchev–Trinajstić information content (AvgIpc) is 3.37. The quantitative estimate of drug-likeness (QED) is 0.0262. The van der Waals surface area contributed by atoms with E-state index in [4.69, 9.17) is 14.2 Å². The molecule has 0 saturated heterocycles. The number of rotatable bonds is 47. The van der Waals surface area contributed by atoms with E-state index in [1.807, 2.05) is 6.08 Å². The topological polar surface area (TPSA) is 78.9 Å². The Morgan fingerprint density at radius 1 is 0.296 bits per heavy atom. The molecule has 0 aliphatic rings. The summed E-state index contributed by atoms with van der Waals surface area (Å²) in [6.07, 6.45) is 85.1. The van der Waals surface area contributed by atoms with Gasteiger partial charge in [0.05, 0.1) is 6.42 Å². The van der Waals surface area contributed by atoms with Crippen LogP contribution in [-0.4, -0.2) is 37.2 Å². The zero-order chi connectivity index (χ0) is 51.4. The molecule has 0 radical (unpaired) electrons. The zero-order valence-electron chi connectivity index (χ0n) is 44.9.